The summed E-state index contributed by atoms with van der Waals surface area (Å²) in [5, 5.41) is 3.03. The molecular weight excluding hydrogens is 304 g/mol. The van der Waals surface area contributed by atoms with E-state index in [0.29, 0.717) is 11.4 Å². The Balaban J connectivity index is 1.90. The lowest BCUT2D eigenvalue weighted by Gasteiger charge is -2.20. The van der Waals surface area contributed by atoms with Gasteiger partial charge in [-0.25, -0.2) is 9.97 Å². The lowest BCUT2D eigenvalue weighted by molar-refractivity contribution is 0.0919. The van der Waals surface area contributed by atoms with Crippen molar-refractivity contribution in [1.82, 2.24) is 20.3 Å². The summed E-state index contributed by atoms with van der Waals surface area (Å²) in [6.07, 6.45) is 1.59. The van der Waals surface area contributed by atoms with Crippen molar-refractivity contribution >= 4 is 16.9 Å². The maximum Gasteiger partial charge on any atom is 0.257 e. The third-order valence-electron chi connectivity index (χ3n) is 3.86. The van der Waals surface area contributed by atoms with E-state index in [4.69, 9.17) is 4.74 Å². The van der Waals surface area contributed by atoms with Crippen LogP contribution < -0.4 is 10.1 Å². The van der Waals surface area contributed by atoms with Gasteiger partial charge in [-0.05, 0) is 30.2 Å². The summed E-state index contributed by atoms with van der Waals surface area (Å²) < 4.78 is 5.17. The SMILES string of the molecule is COc1ncccc1C(=O)NC(c1nc2ccccc2[nH]1)C(C)C. The number of nitrogens with one attached hydrogen (secondary N) is 2. The number of methoxy groups -OCH3 is 1. The second kappa shape index (κ2) is 6.70. The van der Waals surface area contributed by atoms with Crippen molar-refractivity contribution in [3.8, 4) is 5.88 Å². The number of ether oxygens (including phenoxy) is 1. The number of fused-ring (bicyclic) bond motifs is 1. The van der Waals surface area contributed by atoms with Crippen LogP contribution in [-0.4, -0.2) is 28.0 Å². The van der Waals surface area contributed by atoms with Gasteiger partial charge in [0.1, 0.15) is 11.4 Å². The van der Waals surface area contributed by atoms with E-state index in [2.05, 4.69) is 20.3 Å². The van der Waals surface area contributed by atoms with Gasteiger partial charge >= 0.3 is 0 Å². The average Bonchev–Trinajstić information content (AvgIpc) is 3.02. The van der Waals surface area contributed by atoms with E-state index in [1.54, 1.807) is 18.3 Å². The van der Waals surface area contributed by atoms with E-state index in [-0.39, 0.29) is 17.9 Å². The van der Waals surface area contributed by atoms with Crippen molar-refractivity contribution in [3.63, 3.8) is 0 Å². The monoisotopic (exact) mass is 324 g/mol. The van der Waals surface area contributed by atoms with Crippen molar-refractivity contribution in [1.29, 1.82) is 0 Å². The Hall–Kier alpha value is -2.89. The molecule has 3 aromatic rings. The first-order valence-electron chi connectivity index (χ1n) is 7.84. The quantitative estimate of drug-likeness (QED) is 0.756. The number of nitrogens with zero attached hydrogens (tertiary/aromatic N) is 2. The van der Waals surface area contributed by atoms with Crippen molar-refractivity contribution in [3.05, 3.63) is 54.0 Å². The summed E-state index contributed by atoms with van der Waals surface area (Å²) in [5.74, 6) is 0.973. The number of carbonyl (C=O) groups excluding carboxylic acids is 1. The first kappa shape index (κ1) is 16.0. The molecule has 124 valence electrons. The van der Waals surface area contributed by atoms with Gasteiger partial charge < -0.3 is 15.0 Å². The Bertz CT molecular complexity index is 824. The number of carbonyl (C=O) groups is 1. The molecule has 0 saturated carbocycles. The van der Waals surface area contributed by atoms with E-state index < -0.39 is 0 Å². The predicted octanol–water partition coefficient (Wildman–Crippen LogP) is 3.09. The summed E-state index contributed by atoms with van der Waals surface area (Å²) in [5.41, 5.74) is 2.24. The van der Waals surface area contributed by atoms with Crippen molar-refractivity contribution < 1.29 is 9.53 Å². The topological polar surface area (TPSA) is 79.9 Å². The number of pyridine rings is 1. The van der Waals surface area contributed by atoms with E-state index >= 15 is 0 Å². The fraction of sp³-hybridized carbons (Fsp3) is 0.278. The van der Waals surface area contributed by atoms with Gasteiger partial charge in [-0.1, -0.05) is 26.0 Å². The van der Waals surface area contributed by atoms with Gasteiger partial charge in [0, 0.05) is 6.20 Å². The summed E-state index contributed by atoms with van der Waals surface area (Å²) in [6, 6.07) is 11.0. The molecule has 2 heterocycles. The zero-order valence-electron chi connectivity index (χ0n) is 13.9. The lowest BCUT2D eigenvalue weighted by Crippen LogP contribution is -2.32. The normalized spacial score (nSPS) is 12.3. The summed E-state index contributed by atoms with van der Waals surface area (Å²) in [6.45, 7) is 4.08. The van der Waals surface area contributed by atoms with Gasteiger partial charge in [0.15, 0.2) is 0 Å². The minimum atomic E-state index is -0.241. The highest BCUT2D eigenvalue weighted by Gasteiger charge is 2.24. The van der Waals surface area contributed by atoms with Crippen LogP contribution in [0, 0.1) is 5.92 Å². The number of rotatable bonds is 5. The third-order valence-corrected chi connectivity index (χ3v) is 3.86. The van der Waals surface area contributed by atoms with Gasteiger partial charge in [-0.15, -0.1) is 0 Å². The molecule has 0 saturated heterocycles. The maximum atomic E-state index is 12.7. The van der Waals surface area contributed by atoms with Crippen molar-refractivity contribution in [2.75, 3.05) is 7.11 Å². The molecular formula is C18H20N4O2. The van der Waals surface area contributed by atoms with Gasteiger partial charge in [-0.2, -0.15) is 0 Å². The molecule has 1 unspecified atom stereocenters. The number of aromatic amines is 1. The Labute approximate surface area is 140 Å². The highest BCUT2D eigenvalue weighted by Crippen LogP contribution is 2.23. The number of para-hydroxylation sites is 2. The van der Waals surface area contributed by atoms with Crippen LogP contribution in [0.2, 0.25) is 0 Å². The number of H-pyrrole nitrogens is 1. The van der Waals surface area contributed by atoms with Gasteiger partial charge in [-0.3, -0.25) is 4.79 Å². The number of hydrogen-bond donors (Lipinski definition) is 2. The first-order valence-corrected chi connectivity index (χ1v) is 7.84. The number of hydrogen-bond acceptors (Lipinski definition) is 4. The molecule has 1 amide bonds. The maximum absolute atomic E-state index is 12.7. The Morgan fingerprint density at radius 3 is 2.71 bits per heavy atom. The number of benzene rings is 1. The molecule has 0 aliphatic rings. The largest absolute Gasteiger partial charge is 0.480 e. The molecule has 3 rings (SSSR count). The predicted molar refractivity (Wildman–Crippen MR) is 91.9 cm³/mol. The summed E-state index contributed by atoms with van der Waals surface area (Å²) in [7, 11) is 1.50. The van der Waals surface area contributed by atoms with Crippen LogP contribution in [0.3, 0.4) is 0 Å². The fourth-order valence-electron chi connectivity index (χ4n) is 2.62. The number of aromatic nitrogens is 3. The highest BCUT2D eigenvalue weighted by molar-refractivity contribution is 5.96. The second-order valence-electron chi connectivity index (χ2n) is 5.89. The molecule has 0 aliphatic heterocycles. The highest BCUT2D eigenvalue weighted by atomic mass is 16.5. The molecule has 1 aromatic carbocycles. The smallest absolute Gasteiger partial charge is 0.257 e. The molecule has 2 N–H and O–H groups in total. The average molecular weight is 324 g/mol. The van der Waals surface area contributed by atoms with Crippen LogP contribution in [-0.2, 0) is 0 Å². The molecule has 0 spiro atoms. The molecule has 2 aromatic heterocycles. The van der Waals surface area contributed by atoms with Crippen molar-refractivity contribution in [2.24, 2.45) is 5.92 Å². The minimum absolute atomic E-state index is 0.164. The van der Waals surface area contributed by atoms with Gasteiger partial charge in [0.2, 0.25) is 5.88 Å². The lowest BCUT2D eigenvalue weighted by atomic mass is 10.0. The first-order chi connectivity index (χ1) is 11.6. The van der Waals surface area contributed by atoms with Crippen LogP contribution in [0.25, 0.3) is 11.0 Å². The minimum Gasteiger partial charge on any atom is -0.480 e. The van der Waals surface area contributed by atoms with Crippen LogP contribution in [0.1, 0.15) is 36.1 Å². The van der Waals surface area contributed by atoms with Gasteiger partial charge in [0.25, 0.3) is 5.91 Å². The Kier molecular flexibility index (Phi) is 4.46. The molecule has 1 atom stereocenters. The van der Waals surface area contributed by atoms with E-state index in [1.807, 2.05) is 38.1 Å². The number of amides is 1. The van der Waals surface area contributed by atoms with E-state index in [0.717, 1.165) is 16.9 Å². The zero-order valence-corrected chi connectivity index (χ0v) is 13.9. The van der Waals surface area contributed by atoms with E-state index in [1.165, 1.54) is 7.11 Å². The Morgan fingerprint density at radius 2 is 2.00 bits per heavy atom. The zero-order chi connectivity index (χ0) is 17.1. The summed E-state index contributed by atoms with van der Waals surface area (Å²) in [4.78, 5) is 24.6. The van der Waals surface area contributed by atoms with Crippen LogP contribution in [0.4, 0.5) is 0 Å². The molecule has 6 heteroatoms. The molecule has 0 aliphatic carbocycles. The van der Waals surface area contributed by atoms with Crippen molar-refractivity contribution in [2.45, 2.75) is 19.9 Å². The molecule has 0 radical (unpaired) electrons. The third kappa shape index (κ3) is 3.08. The van der Waals surface area contributed by atoms with Crippen LogP contribution in [0.5, 0.6) is 5.88 Å². The number of imidazole rings is 1. The van der Waals surface area contributed by atoms with Gasteiger partial charge in [0.05, 0.1) is 24.2 Å². The second-order valence-corrected chi connectivity index (χ2v) is 5.89. The fourth-order valence-corrected chi connectivity index (χ4v) is 2.62. The van der Waals surface area contributed by atoms with E-state index in [9.17, 15) is 4.79 Å². The summed E-state index contributed by atoms with van der Waals surface area (Å²) >= 11 is 0. The van der Waals surface area contributed by atoms with Crippen LogP contribution >= 0.6 is 0 Å². The molecule has 6 nitrogen and oxygen atoms in total. The molecule has 0 fully saturated rings. The Morgan fingerprint density at radius 1 is 1.21 bits per heavy atom. The standard InChI is InChI=1S/C18H20N4O2/c1-11(2)15(16-20-13-8-4-5-9-14(13)21-16)22-17(23)12-7-6-10-19-18(12)24-3/h4-11,15H,1-3H3,(H,20,21)(H,22,23). The molecule has 0 bridgehead atoms. The molecule has 24 heavy (non-hydrogen) atoms. The van der Waals surface area contributed by atoms with Crippen LogP contribution in [0.15, 0.2) is 42.6 Å².